The summed E-state index contributed by atoms with van der Waals surface area (Å²) in [6.45, 7) is 4.75. The van der Waals surface area contributed by atoms with Gasteiger partial charge in [-0.1, -0.05) is 135 Å². The van der Waals surface area contributed by atoms with E-state index in [9.17, 15) is 0 Å². The summed E-state index contributed by atoms with van der Waals surface area (Å²) in [4.78, 5) is 5.43. The molecule has 2 aromatic heterocycles. The average Bonchev–Trinajstić information content (AvgIpc) is 3.55. The number of fused-ring (bicyclic) bond motifs is 8. The second-order valence-electron chi connectivity index (χ2n) is 12.4. The SMILES string of the molecule is CC1(C)c2ccccc2-c2c1c1c3ccccc3ccc1n2-c1cc(-c2ccc3ccccc3c2)cc(-c2ccccc2)n1. The van der Waals surface area contributed by atoms with Crippen molar-refractivity contribution in [1.82, 2.24) is 9.55 Å². The molecule has 0 aliphatic heterocycles. The van der Waals surface area contributed by atoms with Gasteiger partial charge >= 0.3 is 0 Å². The Morgan fingerprint density at radius 3 is 2.11 bits per heavy atom. The van der Waals surface area contributed by atoms with Crippen molar-refractivity contribution in [3.63, 3.8) is 0 Å². The number of aromatic nitrogens is 2. The molecule has 0 saturated heterocycles. The molecular formula is C42H30N2. The van der Waals surface area contributed by atoms with Crippen LogP contribution < -0.4 is 0 Å². The molecule has 0 unspecified atom stereocenters. The van der Waals surface area contributed by atoms with E-state index in [-0.39, 0.29) is 5.41 Å². The minimum absolute atomic E-state index is 0.155. The van der Waals surface area contributed by atoms with Crippen LogP contribution in [-0.4, -0.2) is 9.55 Å². The monoisotopic (exact) mass is 562 g/mol. The minimum atomic E-state index is -0.155. The molecular weight excluding hydrogens is 532 g/mol. The van der Waals surface area contributed by atoms with Crippen LogP contribution >= 0.6 is 0 Å². The van der Waals surface area contributed by atoms with Crippen LogP contribution in [0.3, 0.4) is 0 Å². The minimum Gasteiger partial charge on any atom is -0.293 e. The molecule has 0 atom stereocenters. The second-order valence-corrected chi connectivity index (χ2v) is 12.4. The molecule has 2 heteroatoms. The Kier molecular flexibility index (Phi) is 5.28. The van der Waals surface area contributed by atoms with Crippen molar-refractivity contribution in [2.24, 2.45) is 0 Å². The number of nitrogens with zero attached hydrogens (tertiary/aromatic N) is 2. The highest BCUT2D eigenvalue weighted by molar-refractivity contribution is 6.13. The third kappa shape index (κ3) is 3.58. The summed E-state index contributed by atoms with van der Waals surface area (Å²) in [5, 5.41) is 6.34. The lowest BCUT2D eigenvalue weighted by atomic mass is 9.81. The van der Waals surface area contributed by atoms with Gasteiger partial charge in [-0.15, -0.1) is 0 Å². The van der Waals surface area contributed by atoms with Crippen LogP contribution in [0.4, 0.5) is 0 Å². The van der Waals surface area contributed by atoms with Crippen LogP contribution in [0, 0.1) is 0 Å². The summed E-state index contributed by atoms with van der Waals surface area (Å²) in [7, 11) is 0. The van der Waals surface area contributed by atoms with E-state index in [1.54, 1.807) is 0 Å². The Hall–Kier alpha value is -5.47. The van der Waals surface area contributed by atoms with Gasteiger partial charge < -0.3 is 0 Å². The molecule has 0 saturated carbocycles. The molecule has 0 spiro atoms. The zero-order valence-corrected chi connectivity index (χ0v) is 24.8. The molecule has 8 aromatic rings. The van der Waals surface area contributed by atoms with Crippen LogP contribution in [0.25, 0.3) is 71.9 Å². The van der Waals surface area contributed by atoms with E-state index in [0.717, 1.165) is 22.6 Å². The van der Waals surface area contributed by atoms with Gasteiger partial charge in [-0.3, -0.25) is 4.57 Å². The maximum Gasteiger partial charge on any atom is 0.138 e. The quantitative estimate of drug-likeness (QED) is 0.209. The summed E-state index contributed by atoms with van der Waals surface area (Å²) < 4.78 is 2.43. The lowest BCUT2D eigenvalue weighted by Crippen LogP contribution is -2.14. The lowest BCUT2D eigenvalue weighted by molar-refractivity contribution is 0.666. The van der Waals surface area contributed by atoms with Crippen molar-refractivity contribution in [3.05, 3.63) is 157 Å². The van der Waals surface area contributed by atoms with Gasteiger partial charge in [-0.25, -0.2) is 4.98 Å². The Bertz CT molecular complexity index is 2410. The third-order valence-corrected chi connectivity index (χ3v) is 9.53. The van der Waals surface area contributed by atoms with E-state index in [1.165, 1.54) is 60.4 Å². The van der Waals surface area contributed by atoms with Crippen molar-refractivity contribution < 1.29 is 0 Å². The molecule has 6 aromatic carbocycles. The van der Waals surface area contributed by atoms with E-state index in [1.807, 2.05) is 0 Å². The van der Waals surface area contributed by atoms with Crippen LogP contribution in [0.1, 0.15) is 25.0 Å². The first-order chi connectivity index (χ1) is 21.6. The smallest absolute Gasteiger partial charge is 0.138 e. The topological polar surface area (TPSA) is 17.8 Å². The van der Waals surface area contributed by atoms with Crippen LogP contribution in [0.15, 0.2) is 146 Å². The molecule has 9 rings (SSSR count). The summed E-state index contributed by atoms with van der Waals surface area (Å²) in [5.41, 5.74) is 10.7. The predicted molar refractivity (Wildman–Crippen MR) is 185 cm³/mol. The molecule has 0 radical (unpaired) electrons. The number of rotatable bonds is 3. The second kappa shape index (κ2) is 9.26. The molecule has 1 aliphatic rings. The lowest BCUT2D eigenvalue weighted by Gasteiger charge is -2.21. The fourth-order valence-electron chi connectivity index (χ4n) is 7.45. The fourth-order valence-corrected chi connectivity index (χ4v) is 7.45. The van der Waals surface area contributed by atoms with Gasteiger partial charge in [0.1, 0.15) is 5.82 Å². The Balaban J connectivity index is 1.41. The molecule has 44 heavy (non-hydrogen) atoms. The van der Waals surface area contributed by atoms with E-state index >= 15 is 0 Å². The van der Waals surface area contributed by atoms with Crippen molar-refractivity contribution >= 4 is 32.4 Å². The number of hydrogen-bond acceptors (Lipinski definition) is 1. The number of pyridine rings is 1. The molecule has 208 valence electrons. The van der Waals surface area contributed by atoms with Gasteiger partial charge in [0.05, 0.1) is 16.9 Å². The fraction of sp³-hybridized carbons (Fsp3) is 0.0714. The molecule has 2 nitrogen and oxygen atoms in total. The van der Waals surface area contributed by atoms with Gasteiger partial charge in [0, 0.05) is 21.9 Å². The maximum atomic E-state index is 5.43. The molecule has 0 fully saturated rings. The molecule has 0 amide bonds. The summed E-state index contributed by atoms with van der Waals surface area (Å²) >= 11 is 0. The van der Waals surface area contributed by atoms with Gasteiger partial charge in [0.25, 0.3) is 0 Å². The van der Waals surface area contributed by atoms with Crippen LogP contribution in [0.5, 0.6) is 0 Å². The number of benzene rings is 6. The van der Waals surface area contributed by atoms with Crippen LogP contribution in [0.2, 0.25) is 0 Å². The molecule has 2 heterocycles. The largest absolute Gasteiger partial charge is 0.293 e. The van der Waals surface area contributed by atoms with Crippen molar-refractivity contribution in [2.75, 3.05) is 0 Å². The van der Waals surface area contributed by atoms with Gasteiger partial charge in [0.2, 0.25) is 0 Å². The standard InChI is InChI=1S/C42H30N2/c1-42(2)35-19-11-10-18-34(35)41-40(42)39-33-17-9-8-13-28(33)22-23-37(39)44(41)38-26-32(25-36(43-38)29-14-4-3-5-15-29)31-21-20-27-12-6-7-16-30(27)24-31/h3-26H,1-2H3. The molecule has 0 bridgehead atoms. The zero-order chi connectivity index (χ0) is 29.4. The number of hydrogen-bond donors (Lipinski definition) is 0. The first-order valence-corrected chi connectivity index (χ1v) is 15.3. The average molecular weight is 563 g/mol. The Morgan fingerprint density at radius 2 is 1.25 bits per heavy atom. The highest BCUT2D eigenvalue weighted by atomic mass is 15.1. The molecule has 0 N–H and O–H groups in total. The maximum absolute atomic E-state index is 5.43. The van der Waals surface area contributed by atoms with Crippen LogP contribution in [-0.2, 0) is 5.41 Å². The van der Waals surface area contributed by atoms with E-state index in [2.05, 4.69) is 164 Å². The van der Waals surface area contributed by atoms with E-state index < -0.39 is 0 Å². The Labute approximate surface area is 256 Å². The van der Waals surface area contributed by atoms with E-state index in [4.69, 9.17) is 4.98 Å². The highest BCUT2D eigenvalue weighted by Crippen LogP contribution is 2.54. The first-order valence-electron chi connectivity index (χ1n) is 15.3. The predicted octanol–water partition coefficient (Wildman–Crippen LogP) is 11.0. The summed E-state index contributed by atoms with van der Waals surface area (Å²) in [5.74, 6) is 0.934. The first kappa shape index (κ1) is 25.1. The van der Waals surface area contributed by atoms with Crippen molar-refractivity contribution in [3.8, 4) is 39.5 Å². The Morgan fingerprint density at radius 1 is 0.545 bits per heavy atom. The van der Waals surface area contributed by atoms with Gasteiger partial charge in [-0.2, -0.15) is 0 Å². The van der Waals surface area contributed by atoms with Crippen molar-refractivity contribution in [2.45, 2.75) is 19.3 Å². The third-order valence-electron chi connectivity index (χ3n) is 9.53. The summed E-state index contributed by atoms with van der Waals surface area (Å²) in [6, 6.07) is 52.6. The zero-order valence-electron chi connectivity index (χ0n) is 24.8. The van der Waals surface area contributed by atoms with Gasteiger partial charge in [-0.05, 0) is 68.1 Å². The van der Waals surface area contributed by atoms with Gasteiger partial charge in [0.15, 0.2) is 0 Å². The van der Waals surface area contributed by atoms with Crippen molar-refractivity contribution in [1.29, 1.82) is 0 Å². The normalized spacial score (nSPS) is 13.4. The highest BCUT2D eigenvalue weighted by Gasteiger charge is 2.41. The molecule has 1 aliphatic carbocycles. The van der Waals surface area contributed by atoms with E-state index in [0.29, 0.717) is 0 Å². The summed E-state index contributed by atoms with van der Waals surface area (Å²) in [6.07, 6.45) is 0.